The molecule has 3 aromatic rings. The number of aromatic nitrogens is 1. The van der Waals surface area contributed by atoms with Gasteiger partial charge in [0.25, 0.3) is 5.91 Å². The van der Waals surface area contributed by atoms with Gasteiger partial charge in [-0.25, -0.2) is 4.98 Å². The number of nitrogens with zero attached hydrogens (tertiary/aromatic N) is 3. The van der Waals surface area contributed by atoms with Gasteiger partial charge in [0.2, 0.25) is 0 Å². The lowest BCUT2D eigenvalue weighted by Crippen LogP contribution is -2.47. The molecule has 2 aromatic carbocycles. The van der Waals surface area contributed by atoms with Crippen LogP contribution in [0.3, 0.4) is 0 Å². The highest BCUT2D eigenvalue weighted by Crippen LogP contribution is 2.32. The third-order valence-corrected chi connectivity index (χ3v) is 6.29. The molecular formula is C27H31F3N4O. The van der Waals surface area contributed by atoms with E-state index in [0.717, 1.165) is 23.4 Å². The van der Waals surface area contributed by atoms with Crippen molar-refractivity contribution in [3.8, 4) is 0 Å². The van der Waals surface area contributed by atoms with Crippen molar-refractivity contribution in [2.24, 2.45) is 5.92 Å². The van der Waals surface area contributed by atoms with Gasteiger partial charge in [-0.15, -0.1) is 0 Å². The first-order valence-electron chi connectivity index (χ1n) is 12.0. The summed E-state index contributed by atoms with van der Waals surface area (Å²) in [5, 5.41) is 3.91. The number of carbonyl (C=O) groups excluding carboxylic acids is 1. The van der Waals surface area contributed by atoms with Gasteiger partial charge in [0.15, 0.2) is 0 Å². The van der Waals surface area contributed by atoms with E-state index < -0.39 is 11.7 Å². The van der Waals surface area contributed by atoms with Gasteiger partial charge in [-0.1, -0.05) is 38.1 Å². The Morgan fingerprint density at radius 3 is 2.34 bits per heavy atom. The summed E-state index contributed by atoms with van der Waals surface area (Å²) < 4.78 is 39.4. The summed E-state index contributed by atoms with van der Waals surface area (Å²) in [5.74, 6) is 1.05. The van der Waals surface area contributed by atoms with Crippen LogP contribution in [-0.2, 0) is 6.18 Å². The molecule has 8 heteroatoms. The molecular weight excluding hydrogens is 453 g/mol. The number of nitrogens with one attached hydrogen (secondary N) is 1. The first kappa shape index (κ1) is 24.8. The molecule has 2 heterocycles. The van der Waals surface area contributed by atoms with Gasteiger partial charge < -0.3 is 15.1 Å². The molecule has 1 N–H and O–H groups in total. The van der Waals surface area contributed by atoms with Crippen molar-refractivity contribution in [1.82, 2.24) is 10.3 Å². The monoisotopic (exact) mass is 484 g/mol. The lowest BCUT2D eigenvalue weighted by atomic mass is 10.0. The van der Waals surface area contributed by atoms with E-state index in [2.05, 4.69) is 24.1 Å². The second-order valence-corrected chi connectivity index (χ2v) is 9.57. The van der Waals surface area contributed by atoms with Crippen molar-refractivity contribution >= 4 is 28.3 Å². The molecule has 0 unspecified atom stereocenters. The van der Waals surface area contributed by atoms with E-state index in [0.29, 0.717) is 49.2 Å². The lowest BCUT2D eigenvalue weighted by Gasteiger charge is -2.37. The minimum absolute atomic E-state index is 0.0499. The number of para-hydroxylation sites is 1. The Labute approximate surface area is 203 Å². The fraction of sp³-hybridized carbons (Fsp3) is 0.407. The van der Waals surface area contributed by atoms with Crippen LogP contribution in [-0.4, -0.2) is 43.1 Å². The standard InChI is InChI=1S/C27H31F3N4O/c1-18(2)15-19(3)31-26(35)23-17-25(32-24-10-5-4-9-22(23)24)34-13-11-33(12-14-34)21-8-6-7-20(16-21)27(28,29)30/h4-10,16-19H,11-15H2,1-3H3,(H,31,35)/t19-/m1/s1. The Morgan fingerprint density at radius 2 is 1.66 bits per heavy atom. The van der Waals surface area contributed by atoms with E-state index >= 15 is 0 Å². The van der Waals surface area contributed by atoms with Crippen LogP contribution in [0.2, 0.25) is 0 Å². The van der Waals surface area contributed by atoms with E-state index in [1.807, 2.05) is 42.2 Å². The van der Waals surface area contributed by atoms with Crippen molar-refractivity contribution in [2.75, 3.05) is 36.0 Å². The molecule has 1 fully saturated rings. The molecule has 0 aliphatic carbocycles. The van der Waals surface area contributed by atoms with Gasteiger partial charge in [-0.3, -0.25) is 4.79 Å². The average molecular weight is 485 g/mol. The van der Waals surface area contributed by atoms with E-state index in [1.54, 1.807) is 6.07 Å². The number of halogens is 3. The summed E-state index contributed by atoms with van der Waals surface area (Å²) in [4.78, 5) is 22.0. The zero-order valence-corrected chi connectivity index (χ0v) is 20.3. The van der Waals surface area contributed by atoms with E-state index in [4.69, 9.17) is 4.98 Å². The van der Waals surface area contributed by atoms with Gasteiger partial charge in [0.05, 0.1) is 16.6 Å². The molecule has 1 aliphatic rings. The highest BCUT2D eigenvalue weighted by Gasteiger charge is 2.31. The number of pyridine rings is 1. The number of rotatable bonds is 6. The van der Waals surface area contributed by atoms with Gasteiger partial charge in [0, 0.05) is 43.3 Å². The topological polar surface area (TPSA) is 48.5 Å². The quantitative estimate of drug-likeness (QED) is 0.484. The van der Waals surface area contributed by atoms with Crippen LogP contribution in [0.25, 0.3) is 10.9 Å². The highest BCUT2D eigenvalue weighted by molar-refractivity contribution is 6.07. The summed E-state index contributed by atoms with van der Waals surface area (Å²) in [5.41, 5.74) is 1.25. The van der Waals surface area contributed by atoms with Crippen LogP contribution in [0.1, 0.15) is 43.1 Å². The Hall–Kier alpha value is -3.29. The first-order valence-corrected chi connectivity index (χ1v) is 12.0. The molecule has 0 spiro atoms. The third-order valence-electron chi connectivity index (χ3n) is 6.29. The summed E-state index contributed by atoms with van der Waals surface area (Å²) in [6.07, 6.45) is -3.48. The van der Waals surface area contributed by atoms with Crippen LogP contribution in [0.4, 0.5) is 24.7 Å². The zero-order valence-electron chi connectivity index (χ0n) is 20.3. The summed E-state index contributed by atoms with van der Waals surface area (Å²) in [6, 6.07) is 14.9. The number of benzene rings is 2. The molecule has 1 aliphatic heterocycles. The lowest BCUT2D eigenvalue weighted by molar-refractivity contribution is -0.137. The Morgan fingerprint density at radius 1 is 0.971 bits per heavy atom. The largest absolute Gasteiger partial charge is 0.416 e. The molecule has 0 saturated carbocycles. The fourth-order valence-corrected chi connectivity index (χ4v) is 4.65. The van der Waals surface area contributed by atoms with Gasteiger partial charge in [0.1, 0.15) is 5.82 Å². The number of alkyl halides is 3. The van der Waals surface area contributed by atoms with Gasteiger partial charge in [-0.05, 0) is 49.6 Å². The predicted molar refractivity (Wildman–Crippen MR) is 134 cm³/mol. The minimum atomic E-state index is -4.36. The molecule has 0 radical (unpaired) electrons. The van der Waals surface area contributed by atoms with Crippen molar-refractivity contribution in [3.05, 3.63) is 65.7 Å². The predicted octanol–water partition coefficient (Wildman–Crippen LogP) is 5.74. The smallest absolute Gasteiger partial charge is 0.368 e. The van der Waals surface area contributed by atoms with Crippen LogP contribution < -0.4 is 15.1 Å². The fourth-order valence-electron chi connectivity index (χ4n) is 4.65. The van der Waals surface area contributed by atoms with Gasteiger partial charge >= 0.3 is 6.18 Å². The summed E-state index contributed by atoms with van der Waals surface area (Å²) in [6.45, 7) is 8.56. The average Bonchev–Trinajstić information content (AvgIpc) is 2.82. The Bertz CT molecular complexity index is 1190. The molecule has 186 valence electrons. The zero-order chi connectivity index (χ0) is 25.2. The number of fused-ring (bicyclic) bond motifs is 1. The number of piperazine rings is 1. The summed E-state index contributed by atoms with van der Waals surface area (Å²) >= 11 is 0. The molecule has 1 amide bonds. The van der Waals surface area contributed by atoms with Crippen molar-refractivity contribution in [2.45, 2.75) is 39.4 Å². The van der Waals surface area contributed by atoms with Crippen LogP contribution in [0, 0.1) is 5.92 Å². The Balaban J connectivity index is 1.54. The normalized spacial score (nSPS) is 15.5. The molecule has 4 rings (SSSR count). The van der Waals surface area contributed by atoms with Crippen molar-refractivity contribution in [3.63, 3.8) is 0 Å². The second-order valence-electron chi connectivity index (χ2n) is 9.57. The molecule has 0 bridgehead atoms. The SMILES string of the molecule is CC(C)C[C@@H](C)NC(=O)c1cc(N2CCN(c3cccc(C(F)(F)F)c3)CC2)nc2ccccc12. The number of anilines is 2. The number of hydrogen-bond acceptors (Lipinski definition) is 4. The second kappa shape index (κ2) is 10.1. The maximum absolute atomic E-state index is 13.2. The third kappa shape index (κ3) is 5.86. The van der Waals surface area contributed by atoms with E-state index in [9.17, 15) is 18.0 Å². The maximum Gasteiger partial charge on any atom is 0.416 e. The molecule has 35 heavy (non-hydrogen) atoms. The van der Waals surface area contributed by atoms with E-state index in [-0.39, 0.29) is 11.9 Å². The van der Waals surface area contributed by atoms with E-state index in [1.165, 1.54) is 12.1 Å². The van der Waals surface area contributed by atoms with Crippen molar-refractivity contribution < 1.29 is 18.0 Å². The number of carbonyl (C=O) groups is 1. The number of hydrogen-bond donors (Lipinski definition) is 1. The number of amides is 1. The first-order chi connectivity index (χ1) is 16.6. The van der Waals surface area contributed by atoms with Crippen molar-refractivity contribution in [1.29, 1.82) is 0 Å². The van der Waals surface area contributed by atoms with Crippen LogP contribution >= 0.6 is 0 Å². The maximum atomic E-state index is 13.2. The minimum Gasteiger partial charge on any atom is -0.368 e. The van der Waals surface area contributed by atoms with Crippen LogP contribution in [0.5, 0.6) is 0 Å². The molecule has 5 nitrogen and oxygen atoms in total. The van der Waals surface area contributed by atoms with Crippen LogP contribution in [0.15, 0.2) is 54.6 Å². The summed E-state index contributed by atoms with van der Waals surface area (Å²) in [7, 11) is 0. The highest BCUT2D eigenvalue weighted by atomic mass is 19.4. The molecule has 1 atom stereocenters. The molecule has 1 aromatic heterocycles. The Kier molecular flexibility index (Phi) is 7.19. The molecule has 1 saturated heterocycles. The van der Waals surface area contributed by atoms with Gasteiger partial charge in [-0.2, -0.15) is 13.2 Å².